The van der Waals surface area contributed by atoms with Crippen molar-refractivity contribution in [3.63, 3.8) is 0 Å². The number of rotatable bonds is 4. The molecule has 0 bridgehead atoms. The van der Waals surface area contributed by atoms with Crippen molar-refractivity contribution in [1.82, 2.24) is 9.80 Å². The first-order valence-corrected chi connectivity index (χ1v) is 10.4. The van der Waals surface area contributed by atoms with E-state index in [0.717, 1.165) is 12.1 Å². The number of carbonyl (C=O) groups is 3. The second kappa shape index (κ2) is 9.42. The molecule has 0 aliphatic carbocycles. The fraction of sp³-hybridized carbons (Fsp3) is 0.208. The van der Waals surface area contributed by atoms with E-state index in [4.69, 9.17) is 4.42 Å². The molecule has 4 rings (SSSR count). The fourth-order valence-corrected chi connectivity index (χ4v) is 3.64. The van der Waals surface area contributed by atoms with Gasteiger partial charge >= 0.3 is 6.18 Å². The number of piperazine rings is 1. The Morgan fingerprint density at radius 3 is 1.94 bits per heavy atom. The zero-order valence-electron chi connectivity index (χ0n) is 17.8. The van der Waals surface area contributed by atoms with E-state index in [1.54, 1.807) is 35.2 Å². The van der Waals surface area contributed by atoms with Crippen molar-refractivity contribution in [3.05, 3.63) is 89.4 Å². The Bertz CT molecular complexity index is 1200. The van der Waals surface area contributed by atoms with Gasteiger partial charge in [-0.1, -0.05) is 12.1 Å². The summed E-state index contributed by atoms with van der Waals surface area (Å²) in [5.41, 5.74) is -0.152. The van der Waals surface area contributed by atoms with E-state index in [0.29, 0.717) is 11.3 Å². The van der Waals surface area contributed by atoms with Gasteiger partial charge in [-0.2, -0.15) is 13.2 Å². The molecule has 2 aromatic carbocycles. The van der Waals surface area contributed by atoms with E-state index >= 15 is 0 Å². The molecular weight excluding hydrogens is 451 g/mol. The number of alkyl halides is 3. The second-order valence-corrected chi connectivity index (χ2v) is 7.68. The number of anilines is 1. The summed E-state index contributed by atoms with van der Waals surface area (Å²) in [7, 11) is 0. The Kier molecular flexibility index (Phi) is 6.40. The van der Waals surface area contributed by atoms with E-state index in [1.165, 1.54) is 29.4 Å². The first kappa shape index (κ1) is 23.1. The summed E-state index contributed by atoms with van der Waals surface area (Å²) in [6.45, 7) is 0.838. The van der Waals surface area contributed by atoms with Gasteiger partial charge in [0.05, 0.1) is 11.8 Å². The van der Waals surface area contributed by atoms with E-state index in [1.807, 2.05) is 0 Å². The summed E-state index contributed by atoms with van der Waals surface area (Å²) >= 11 is 0. The van der Waals surface area contributed by atoms with Gasteiger partial charge in [0.1, 0.15) is 0 Å². The molecule has 1 fully saturated rings. The zero-order chi connectivity index (χ0) is 24.3. The number of carbonyl (C=O) groups excluding carboxylic acids is 3. The summed E-state index contributed by atoms with van der Waals surface area (Å²) in [5, 5.41) is 2.66. The maximum absolute atomic E-state index is 12.9. The molecule has 1 aromatic heterocycles. The van der Waals surface area contributed by atoms with Gasteiger partial charge in [-0.15, -0.1) is 0 Å². The van der Waals surface area contributed by atoms with Crippen LogP contribution in [-0.4, -0.2) is 53.7 Å². The normalized spacial score (nSPS) is 14.1. The van der Waals surface area contributed by atoms with E-state index in [-0.39, 0.29) is 43.4 Å². The minimum absolute atomic E-state index is 0.0467. The number of hydrogen-bond acceptors (Lipinski definition) is 4. The third kappa shape index (κ3) is 5.11. The van der Waals surface area contributed by atoms with Crippen LogP contribution in [-0.2, 0) is 6.18 Å². The van der Waals surface area contributed by atoms with Crippen LogP contribution >= 0.6 is 0 Å². The van der Waals surface area contributed by atoms with Crippen molar-refractivity contribution < 1.29 is 32.0 Å². The van der Waals surface area contributed by atoms with Crippen LogP contribution in [0.3, 0.4) is 0 Å². The maximum Gasteiger partial charge on any atom is 0.416 e. The molecule has 2 heterocycles. The van der Waals surface area contributed by atoms with Crippen LogP contribution in [0.5, 0.6) is 0 Å². The third-order valence-electron chi connectivity index (χ3n) is 5.40. The van der Waals surface area contributed by atoms with Crippen LogP contribution in [0, 0.1) is 0 Å². The molecule has 1 N–H and O–H groups in total. The van der Waals surface area contributed by atoms with Crippen molar-refractivity contribution in [2.24, 2.45) is 0 Å². The van der Waals surface area contributed by atoms with Gasteiger partial charge in [0, 0.05) is 43.0 Å². The molecule has 0 unspecified atom stereocenters. The first-order chi connectivity index (χ1) is 16.2. The largest absolute Gasteiger partial charge is 0.459 e. The Balaban J connectivity index is 1.37. The average Bonchev–Trinajstić information content (AvgIpc) is 3.38. The number of halogens is 3. The van der Waals surface area contributed by atoms with Gasteiger partial charge in [0.25, 0.3) is 17.7 Å². The Labute approximate surface area is 192 Å². The minimum atomic E-state index is -4.53. The van der Waals surface area contributed by atoms with Crippen molar-refractivity contribution in [2.75, 3.05) is 31.5 Å². The lowest BCUT2D eigenvalue weighted by Gasteiger charge is -2.35. The minimum Gasteiger partial charge on any atom is -0.459 e. The lowest BCUT2D eigenvalue weighted by atomic mass is 10.1. The molecule has 1 aliphatic rings. The summed E-state index contributed by atoms with van der Waals surface area (Å²) in [6.07, 6.45) is -3.15. The van der Waals surface area contributed by atoms with Crippen LogP contribution in [0.15, 0.2) is 71.3 Å². The van der Waals surface area contributed by atoms with E-state index in [2.05, 4.69) is 5.32 Å². The van der Waals surface area contributed by atoms with Crippen molar-refractivity contribution in [2.45, 2.75) is 6.18 Å². The quantitative estimate of drug-likeness (QED) is 0.620. The highest BCUT2D eigenvalue weighted by Gasteiger charge is 2.32. The zero-order valence-corrected chi connectivity index (χ0v) is 17.8. The van der Waals surface area contributed by atoms with Gasteiger partial charge in [-0.05, 0) is 48.5 Å². The lowest BCUT2D eigenvalue weighted by Crippen LogP contribution is -2.50. The molecule has 0 atom stereocenters. The topological polar surface area (TPSA) is 82.9 Å². The van der Waals surface area contributed by atoms with E-state index in [9.17, 15) is 27.6 Å². The number of nitrogens with zero attached hydrogens (tertiary/aromatic N) is 2. The molecule has 34 heavy (non-hydrogen) atoms. The van der Waals surface area contributed by atoms with Crippen molar-refractivity contribution >= 4 is 23.4 Å². The van der Waals surface area contributed by atoms with Crippen LogP contribution in [0.1, 0.15) is 36.8 Å². The molecule has 7 nitrogen and oxygen atoms in total. The van der Waals surface area contributed by atoms with Crippen LogP contribution in [0.4, 0.5) is 18.9 Å². The number of amides is 3. The molecular formula is C24H20F3N3O4. The summed E-state index contributed by atoms with van der Waals surface area (Å²) in [4.78, 5) is 40.8. The Hall–Kier alpha value is -4.08. The Morgan fingerprint density at radius 2 is 1.38 bits per heavy atom. The van der Waals surface area contributed by atoms with Crippen LogP contribution < -0.4 is 5.32 Å². The second-order valence-electron chi connectivity index (χ2n) is 7.68. The highest BCUT2D eigenvalue weighted by molar-refractivity contribution is 6.03. The summed E-state index contributed by atoms with van der Waals surface area (Å²) in [5.74, 6) is -1.10. The lowest BCUT2D eigenvalue weighted by molar-refractivity contribution is -0.137. The molecule has 0 saturated carbocycles. The van der Waals surface area contributed by atoms with Gasteiger partial charge in [-0.3, -0.25) is 14.4 Å². The highest BCUT2D eigenvalue weighted by Crippen LogP contribution is 2.30. The van der Waals surface area contributed by atoms with Crippen molar-refractivity contribution in [3.8, 4) is 0 Å². The van der Waals surface area contributed by atoms with Crippen LogP contribution in [0.25, 0.3) is 0 Å². The van der Waals surface area contributed by atoms with Crippen molar-refractivity contribution in [1.29, 1.82) is 0 Å². The van der Waals surface area contributed by atoms with Gasteiger partial charge < -0.3 is 19.5 Å². The van der Waals surface area contributed by atoms with Gasteiger partial charge in [0.2, 0.25) is 0 Å². The predicted molar refractivity (Wildman–Crippen MR) is 116 cm³/mol. The molecule has 1 saturated heterocycles. The molecule has 3 amide bonds. The molecule has 1 aliphatic heterocycles. The summed E-state index contributed by atoms with van der Waals surface area (Å²) < 4.78 is 43.9. The Morgan fingerprint density at radius 1 is 0.794 bits per heavy atom. The molecule has 3 aromatic rings. The van der Waals surface area contributed by atoms with Crippen LogP contribution in [0.2, 0.25) is 0 Å². The summed E-state index contributed by atoms with van der Waals surface area (Å²) in [6, 6.07) is 13.8. The predicted octanol–water partition coefficient (Wildman–Crippen LogP) is 4.15. The number of nitrogens with one attached hydrogen (secondary N) is 1. The number of hydrogen-bond donors (Lipinski definition) is 1. The average molecular weight is 471 g/mol. The molecule has 0 spiro atoms. The SMILES string of the molecule is O=C(Nc1cccc(C(=O)N2CCN(C(=O)c3cccc(C(F)(F)F)c3)CC2)c1)c1ccco1. The fourth-order valence-electron chi connectivity index (χ4n) is 3.64. The standard InChI is InChI=1S/C24H20F3N3O4/c25-24(26,27)18-6-1-4-16(14-18)22(32)29-9-11-30(12-10-29)23(33)17-5-2-7-19(15-17)28-21(31)20-8-3-13-34-20/h1-8,13-15H,9-12H2,(H,28,31). The van der Waals surface area contributed by atoms with E-state index < -0.39 is 23.6 Å². The third-order valence-corrected chi connectivity index (χ3v) is 5.40. The number of furan rings is 1. The monoisotopic (exact) mass is 471 g/mol. The van der Waals surface area contributed by atoms with Gasteiger partial charge in [0.15, 0.2) is 5.76 Å². The first-order valence-electron chi connectivity index (χ1n) is 10.4. The van der Waals surface area contributed by atoms with Gasteiger partial charge in [-0.25, -0.2) is 0 Å². The molecule has 10 heteroatoms. The maximum atomic E-state index is 12.9. The smallest absolute Gasteiger partial charge is 0.416 e. The molecule has 0 radical (unpaired) electrons. The molecule has 176 valence electrons. The number of benzene rings is 2. The highest BCUT2D eigenvalue weighted by atomic mass is 19.4.